The van der Waals surface area contributed by atoms with Crippen molar-refractivity contribution in [3.8, 4) is 11.5 Å². The zero-order valence-corrected chi connectivity index (χ0v) is 24.4. The van der Waals surface area contributed by atoms with Gasteiger partial charge in [-0.15, -0.1) is 25.3 Å². The van der Waals surface area contributed by atoms with Gasteiger partial charge in [0, 0.05) is 28.3 Å². The second-order valence-electron chi connectivity index (χ2n) is 9.27. The summed E-state index contributed by atoms with van der Waals surface area (Å²) in [6.07, 6.45) is 3.40. The van der Waals surface area contributed by atoms with Crippen LogP contribution in [0.4, 0.5) is 17.1 Å². The van der Waals surface area contributed by atoms with Crippen molar-refractivity contribution in [2.45, 2.75) is 9.79 Å². The van der Waals surface area contributed by atoms with Gasteiger partial charge in [0.1, 0.15) is 5.75 Å². The standard InChI is InChI=1S/C34H25N3O4S2/c35-31-18-13-28(40-33(38)24-5-1-22(2-6-24)20-36-26-9-14-29(42)15-10-26)19-32(31)41-34(39)25-7-3-23(4-8-25)21-37-27-11-16-30(43)17-12-27/h1-21,42-43H,35H2. The highest BCUT2D eigenvalue weighted by Crippen LogP contribution is 2.28. The van der Waals surface area contributed by atoms with Crippen LogP contribution in [0.25, 0.3) is 0 Å². The molecule has 0 saturated carbocycles. The Hall–Kier alpha value is -5.12. The predicted octanol–water partition coefficient (Wildman–Crippen LogP) is 7.79. The van der Waals surface area contributed by atoms with E-state index in [0.717, 1.165) is 32.3 Å². The first-order valence-corrected chi connectivity index (χ1v) is 13.9. The summed E-state index contributed by atoms with van der Waals surface area (Å²) < 4.78 is 11.0. The molecule has 0 spiro atoms. The number of carbonyl (C=O) groups is 2. The molecule has 0 aliphatic heterocycles. The number of hydrogen-bond acceptors (Lipinski definition) is 9. The van der Waals surface area contributed by atoms with Crippen molar-refractivity contribution in [2.24, 2.45) is 9.98 Å². The fraction of sp³-hybridized carbons (Fsp3) is 0. The van der Waals surface area contributed by atoms with Gasteiger partial charge in [-0.2, -0.15) is 0 Å². The fourth-order valence-electron chi connectivity index (χ4n) is 3.78. The summed E-state index contributed by atoms with van der Waals surface area (Å²) >= 11 is 8.53. The van der Waals surface area contributed by atoms with Crippen molar-refractivity contribution >= 4 is 66.7 Å². The van der Waals surface area contributed by atoms with Crippen molar-refractivity contribution in [1.29, 1.82) is 0 Å². The lowest BCUT2D eigenvalue weighted by Gasteiger charge is -2.10. The molecule has 2 N–H and O–H groups in total. The Kier molecular flexibility index (Phi) is 9.36. The van der Waals surface area contributed by atoms with Crippen molar-refractivity contribution in [3.63, 3.8) is 0 Å². The second kappa shape index (κ2) is 13.7. The number of nitrogen functional groups attached to an aromatic ring is 1. The summed E-state index contributed by atoms with van der Waals surface area (Å²) in [4.78, 5) is 36.1. The first kappa shape index (κ1) is 29.4. The molecule has 0 saturated heterocycles. The largest absolute Gasteiger partial charge is 0.423 e. The van der Waals surface area contributed by atoms with Crippen LogP contribution < -0.4 is 15.2 Å². The van der Waals surface area contributed by atoms with Crippen LogP contribution in [-0.2, 0) is 0 Å². The van der Waals surface area contributed by atoms with Crippen molar-refractivity contribution in [2.75, 3.05) is 5.73 Å². The lowest BCUT2D eigenvalue weighted by molar-refractivity contribution is 0.0733. The number of carbonyl (C=O) groups excluding carboxylic acids is 2. The normalized spacial score (nSPS) is 11.1. The highest BCUT2D eigenvalue weighted by molar-refractivity contribution is 7.80. The number of hydrogen-bond donors (Lipinski definition) is 3. The van der Waals surface area contributed by atoms with Gasteiger partial charge >= 0.3 is 11.9 Å². The van der Waals surface area contributed by atoms with Crippen molar-refractivity contribution in [1.82, 2.24) is 0 Å². The smallest absolute Gasteiger partial charge is 0.343 e. The van der Waals surface area contributed by atoms with Gasteiger partial charge < -0.3 is 15.2 Å². The number of nitrogens with zero attached hydrogens (tertiary/aromatic N) is 2. The maximum absolute atomic E-state index is 12.8. The number of anilines is 1. The first-order chi connectivity index (χ1) is 20.8. The van der Waals surface area contributed by atoms with Gasteiger partial charge in [-0.1, -0.05) is 24.3 Å². The number of esters is 2. The molecule has 0 radical (unpaired) electrons. The quantitative estimate of drug-likeness (QED) is 0.0552. The summed E-state index contributed by atoms with van der Waals surface area (Å²) in [5.74, 6) is -0.931. The predicted molar refractivity (Wildman–Crippen MR) is 176 cm³/mol. The lowest BCUT2D eigenvalue weighted by Crippen LogP contribution is -2.11. The molecule has 0 heterocycles. The molecule has 43 heavy (non-hydrogen) atoms. The fourth-order valence-corrected chi connectivity index (χ4v) is 4.08. The Morgan fingerprint density at radius 3 is 1.49 bits per heavy atom. The van der Waals surface area contributed by atoms with E-state index in [1.807, 2.05) is 48.5 Å². The maximum atomic E-state index is 12.8. The van der Waals surface area contributed by atoms with Crippen molar-refractivity contribution < 1.29 is 19.1 Å². The Bertz CT molecular complexity index is 1800. The summed E-state index contributed by atoms with van der Waals surface area (Å²) in [6, 6.07) is 32.9. The van der Waals surface area contributed by atoms with Gasteiger partial charge in [0.05, 0.1) is 28.2 Å². The van der Waals surface area contributed by atoms with E-state index >= 15 is 0 Å². The number of ether oxygens (including phenoxy) is 2. The minimum Gasteiger partial charge on any atom is -0.423 e. The first-order valence-electron chi connectivity index (χ1n) is 13.0. The van der Waals surface area contributed by atoms with Crippen LogP contribution >= 0.6 is 25.3 Å². The topological polar surface area (TPSA) is 103 Å². The van der Waals surface area contributed by atoms with E-state index in [1.54, 1.807) is 61.0 Å². The number of rotatable bonds is 8. The summed E-state index contributed by atoms with van der Waals surface area (Å²) in [5.41, 5.74) is 10.1. The average Bonchev–Trinajstić information content (AvgIpc) is 3.02. The summed E-state index contributed by atoms with van der Waals surface area (Å²) in [6.45, 7) is 0. The molecule has 0 aliphatic carbocycles. The third-order valence-electron chi connectivity index (χ3n) is 6.12. The van der Waals surface area contributed by atoms with E-state index in [4.69, 9.17) is 15.2 Å². The van der Waals surface area contributed by atoms with Crippen LogP contribution in [0.15, 0.2) is 135 Å². The molecule has 5 aromatic carbocycles. The Morgan fingerprint density at radius 1 is 0.581 bits per heavy atom. The molecule has 212 valence electrons. The molecule has 0 bridgehead atoms. The second-order valence-corrected chi connectivity index (χ2v) is 10.3. The van der Waals surface area contributed by atoms with Gasteiger partial charge in [0.2, 0.25) is 0 Å². The Morgan fingerprint density at radius 2 is 1.02 bits per heavy atom. The van der Waals surface area contributed by atoms with E-state index in [0.29, 0.717) is 11.1 Å². The van der Waals surface area contributed by atoms with E-state index in [2.05, 4.69) is 35.2 Å². The molecule has 0 fully saturated rings. The summed E-state index contributed by atoms with van der Waals surface area (Å²) in [5, 5.41) is 0. The Balaban J connectivity index is 1.19. The number of benzene rings is 5. The van der Waals surface area contributed by atoms with Crippen LogP contribution in [0.5, 0.6) is 11.5 Å². The van der Waals surface area contributed by atoms with Crippen LogP contribution in [0.3, 0.4) is 0 Å². The molecule has 5 aromatic rings. The third kappa shape index (κ3) is 8.22. The van der Waals surface area contributed by atoms with Crippen LogP contribution in [-0.4, -0.2) is 24.4 Å². The van der Waals surface area contributed by atoms with E-state index in [1.165, 1.54) is 18.2 Å². The molecule has 9 heteroatoms. The molecule has 7 nitrogen and oxygen atoms in total. The van der Waals surface area contributed by atoms with Crippen molar-refractivity contribution in [3.05, 3.63) is 138 Å². The average molecular weight is 604 g/mol. The number of thiol groups is 2. The van der Waals surface area contributed by atoms with Gasteiger partial charge in [-0.05, 0) is 96.1 Å². The molecular formula is C34H25N3O4S2. The minimum atomic E-state index is -0.609. The molecule has 0 amide bonds. The monoisotopic (exact) mass is 603 g/mol. The molecule has 0 atom stereocenters. The van der Waals surface area contributed by atoms with Gasteiger partial charge in [0.15, 0.2) is 5.75 Å². The van der Waals surface area contributed by atoms with E-state index < -0.39 is 11.9 Å². The lowest BCUT2D eigenvalue weighted by atomic mass is 10.1. The molecule has 5 rings (SSSR count). The SMILES string of the molecule is Nc1ccc(OC(=O)c2ccc(C=Nc3ccc(S)cc3)cc2)cc1OC(=O)c1ccc(C=Nc2ccc(S)cc2)cc1. The minimum absolute atomic E-state index is 0.0751. The highest BCUT2D eigenvalue weighted by atomic mass is 32.1. The zero-order valence-electron chi connectivity index (χ0n) is 22.6. The van der Waals surface area contributed by atoms with Gasteiger partial charge in [-0.25, -0.2) is 9.59 Å². The van der Waals surface area contributed by atoms with E-state index in [9.17, 15) is 9.59 Å². The van der Waals surface area contributed by atoms with Gasteiger partial charge in [0.25, 0.3) is 0 Å². The van der Waals surface area contributed by atoms with Crippen LogP contribution in [0.1, 0.15) is 31.8 Å². The van der Waals surface area contributed by atoms with Crippen LogP contribution in [0.2, 0.25) is 0 Å². The number of nitrogens with two attached hydrogens (primary N) is 1. The molecule has 0 unspecified atom stereocenters. The number of aliphatic imine (C=N–C) groups is 2. The van der Waals surface area contributed by atoms with E-state index in [-0.39, 0.29) is 17.2 Å². The molecule has 0 aromatic heterocycles. The molecule has 0 aliphatic rings. The molecular weight excluding hydrogens is 579 g/mol. The highest BCUT2D eigenvalue weighted by Gasteiger charge is 2.14. The third-order valence-corrected chi connectivity index (χ3v) is 6.71. The van der Waals surface area contributed by atoms with Gasteiger partial charge in [-0.3, -0.25) is 9.98 Å². The maximum Gasteiger partial charge on any atom is 0.343 e. The summed E-state index contributed by atoms with van der Waals surface area (Å²) in [7, 11) is 0. The Labute approximate surface area is 259 Å². The van der Waals surface area contributed by atoms with Crippen LogP contribution in [0, 0.1) is 0 Å². The zero-order chi connectivity index (χ0) is 30.2.